The number of amides is 1. The Hall–Kier alpha value is -2.75. The van der Waals surface area contributed by atoms with Gasteiger partial charge in [0, 0.05) is 41.7 Å². The van der Waals surface area contributed by atoms with E-state index in [-0.39, 0.29) is 5.91 Å². The molecule has 2 heterocycles. The number of benzene rings is 2. The first-order chi connectivity index (χ1) is 12.1. The minimum Gasteiger partial charge on any atom is -0.481 e. The third kappa shape index (κ3) is 3.00. The molecular formula is C21H22N2O2. The Morgan fingerprint density at radius 2 is 1.92 bits per heavy atom. The smallest absolute Gasteiger partial charge is 0.263 e. The second-order valence-electron chi connectivity index (χ2n) is 6.71. The fourth-order valence-corrected chi connectivity index (χ4v) is 3.48. The average molecular weight is 334 g/mol. The summed E-state index contributed by atoms with van der Waals surface area (Å²) in [7, 11) is 0. The molecule has 1 N–H and O–H groups in total. The molecule has 0 aliphatic carbocycles. The Morgan fingerprint density at radius 3 is 2.72 bits per heavy atom. The molecule has 0 fully saturated rings. The third-order valence-corrected chi connectivity index (χ3v) is 4.88. The summed E-state index contributed by atoms with van der Waals surface area (Å²) >= 11 is 0. The van der Waals surface area contributed by atoms with E-state index >= 15 is 0 Å². The summed E-state index contributed by atoms with van der Waals surface area (Å²) in [5.41, 5.74) is 4.80. The first kappa shape index (κ1) is 15.8. The van der Waals surface area contributed by atoms with E-state index in [9.17, 15) is 4.79 Å². The summed E-state index contributed by atoms with van der Waals surface area (Å²) in [6.07, 6.45) is 0.363. The molecule has 3 aromatic rings. The van der Waals surface area contributed by atoms with E-state index in [2.05, 4.69) is 17.1 Å². The van der Waals surface area contributed by atoms with E-state index in [0.717, 1.165) is 24.2 Å². The van der Waals surface area contributed by atoms with Crippen LogP contribution in [0.1, 0.15) is 23.7 Å². The van der Waals surface area contributed by atoms with E-state index in [1.54, 1.807) is 0 Å². The molecular weight excluding hydrogens is 312 g/mol. The summed E-state index contributed by atoms with van der Waals surface area (Å²) in [6, 6.07) is 16.1. The van der Waals surface area contributed by atoms with E-state index in [1.807, 2.05) is 55.1 Å². The molecule has 2 aromatic carbocycles. The Labute approximate surface area is 147 Å². The number of ether oxygens (including phenoxy) is 1. The topological polar surface area (TPSA) is 45.3 Å². The van der Waals surface area contributed by atoms with Crippen molar-refractivity contribution in [2.24, 2.45) is 0 Å². The van der Waals surface area contributed by atoms with Crippen molar-refractivity contribution in [3.8, 4) is 5.75 Å². The fraction of sp³-hybridized carbons (Fsp3) is 0.286. The average Bonchev–Trinajstić information content (AvgIpc) is 3.01. The van der Waals surface area contributed by atoms with Crippen LogP contribution >= 0.6 is 0 Å². The van der Waals surface area contributed by atoms with Crippen molar-refractivity contribution in [1.29, 1.82) is 0 Å². The Bertz CT molecular complexity index is 911. The maximum absolute atomic E-state index is 12.8. The molecule has 0 radical (unpaired) electrons. The van der Waals surface area contributed by atoms with E-state index in [4.69, 9.17) is 4.74 Å². The lowest BCUT2D eigenvalue weighted by atomic mass is 10.0. The molecule has 4 heteroatoms. The summed E-state index contributed by atoms with van der Waals surface area (Å²) in [4.78, 5) is 18.2. The van der Waals surface area contributed by atoms with Crippen LogP contribution in [-0.4, -0.2) is 28.4 Å². The highest BCUT2D eigenvalue weighted by molar-refractivity contribution is 5.86. The molecule has 1 amide bonds. The van der Waals surface area contributed by atoms with Crippen LogP contribution in [0.4, 0.5) is 0 Å². The number of aromatic amines is 1. The van der Waals surface area contributed by atoms with Gasteiger partial charge in [-0.05, 0) is 32.0 Å². The van der Waals surface area contributed by atoms with Gasteiger partial charge in [-0.1, -0.05) is 35.9 Å². The number of aryl methyl sites for hydroxylation is 1. The number of nitrogens with one attached hydrogen (secondary N) is 1. The SMILES string of the molecule is Cc1ccc(O[C@@H](C)C(=O)N2CCc3[nH]c4ccccc4c3C2)cc1. The number of hydrogen-bond donors (Lipinski definition) is 1. The monoisotopic (exact) mass is 334 g/mol. The summed E-state index contributed by atoms with van der Waals surface area (Å²) in [5.74, 6) is 0.771. The third-order valence-electron chi connectivity index (χ3n) is 4.88. The Kier molecular flexibility index (Phi) is 3.96. The van der Waals surface area contributed by atoms with Gasteiger partial charge in [0.05, 0.1) is 0 Å². The number of aromatic nitrogens is 1. The van der Waals surface area contributed by atoms with Crippen molar-refractivity contribution in [3.63, 3.8) is 0 Å². The zero-order valence-electron chi connectivity index (χ0n) is 14.6. The molecule has 1 aliphatic rings. The minimum absolute atomic E-state index is 0.0384. The van der Waals surface area contributed by atoms with E-state index < -0.39 is 6.10 Å². The second kappa shape index (κ2) is 6.28. The molecule has 1 aromatic heterocycles. The van der Waals surface area contributed by atoms with Crippen LogP contribution in [-0.2, 0) is 17.8 Å². The molecule has 0 unspecified atom stereocenters. The predicted octanol–water partition coefficient (Wildman–Crippen LogP) is 3.83. The quantitative estimate of drug-likeness (QED) is 0.791. The zero-order chi connectivity index (χ0) is 17.4. The maximum Gasteiger partial charge on any atom is 0.263 e. The summed E-state index contributed by atoms with van der Waals surface area (Å²) in [6.45, 7) is 5.22. The van der Waals surface area contributed by atoms with Crippen LogP contribution in [0.3, 0.4) is 0 Å². The van der Waals surface area contributed by atoms with Gasteiger partial charge in [-0.2, -0.15) is 0 Å². The highest BCUT2D eigenvalue weighted by atomic mass is 16.5. The van der Waals surface area contributed by atoms with Gasteiger partial charge in [0.15, 0.2) is 6.10 Å². The minimum atomic E-state index is -0.491. The van der Waals surface area contributed by atoms with Gasteiger partial charge < -0.3 is 14.6 Å². The van der Waals surface area contributed by atoms with Crippen molar-refractivity contribution in [2.75, 3.05) is 6.54 Å². The molecule has 128 valence electrons. The van der Waals surface area contributed by atoms with Gasteiger partial charge in [-0.3, -0.25) is 4.79 Å². The number of nitrogens with zero attached hydrogens (tertiary/aromatic N) is 1. The lowest BCUT2D eigenvalue weighted by molar-refractivity contribution is -0.138. The fourth-order valence-electron chi connectivity index (χ4n) is 3.48. The molecule has 0 bridgehead atoms. The van der Waals surface area contributed by atoms with Crippen LogP contribution in [0, 0.1) is 6.92 Å². The van der Waals surface area contributed by atoms with E-state index in [1.165, 1.54) is 22.2 Å². The van der Waals surface area contributed by atoms with Gasteiger partial charge >= 0.3 is 0 Å². The second-order valence-corrected chi connectivity index (χ2v) is 6.71. The maximum atomic E-state index is 12.8. The van der Waals surface area contributed by atoms with Gasteiger partial charge in [-0.25, -0.2) is 0 Å². The van der Waals surface area contributed by atoms with Crippen molar-refractivity contribution in [2.45, 2.75) is 32.9 Å². The molecule has 1 aliphatic heterocycles. The van der Waals surface area contributed by atoms with Crippen LogP contribution in [0.5, 0.6) is 5.75 Å². The summed E-state index contributed by atoms with van der Waals surface area (Å²) < 4.78 is 5.84. The molecule has 0 saturated heterocycles. The highest BCUT2D eigenvalue weighted by Gasteiger charge is 2.27. The lowest BCUT2D eigenvalue weighted by Crippen LogP contribution is -2.43. The number of carbonyl (C=O) groups is 1. The lowest BCUT2D eigenvalue weighted by Gasteiger charge is -2.29. The van der Waals surface area contributed by atoms with E-state index in [0.29, 0.717) is 6.54 Å². The predicted molar refractivity (Wildman–Crippen MR) is 98.7 cm³/mol. The zero-order valence-corrected chi connectivity index (χ0v) is 14.6. The largest absolute Gasteiger partial charge is 0.481 e. The van der Waals surface area contributed by atoms with Gasteiger partial charge in [-0.15, -0.1) is 0 Å². The number of carbonyl (C=O) groups excluding carboxylic acids is 1. The Morgan fingerprint density at radius 1 is 1.16 bits per heavy atom. The van der Waals surface area contributed by atoms with Gasteiger partial charge in [0.25, 0.3) is 5.91 Å². The Balaban J connectivity index is 1.50. The van der Waals surface area contributed by atoms with Crippen molar-refractivity contribution in [1.82, 2.24) is 9.88 Å². The normalized spacial score (nSPS) is 15.0. The molecule has 4 nitrogen and oxygen atoms in total. The molecule has 0 spiro atoms. The number of rotatable bonds is 3. The highest BCUT2D eigenvalue weighted by Crippen LogP contribution is 2.28. The van der Waals surface area contributed by atoms with Gasteiger partial charge in [0.2, 0.25) is 0 Å². The van der Waals surface area contributed by atoms with Crippen LogP contribution in [0.15, 0.2) is 48.5 Å². The van der Waals surface area contributed by atoms with Crippen molar-refractivity contribution < 1.29 is 9.53 Å². The summed E-state index contributed by atoms with van der Waals surface area (Å²) in [5, 5.41) is 1.21. The molecule has 0 saturated carbocycles. The number of hydrogen-bond acceptors (Lipinski definition) is 2. The number of para-hydroxylation sites is 1. The number of H-pyrrole nitrogens is 1. The molecule has 4 rings (SSSR count). The first-order valence-corrected chi connectivity index (χ1v) is 8.72. The van der Waals surface area contributed by atoms with Crippen molar-refractivity contribution >= 4 is 16.8 Å². The van der Waals surface area contributed by atoms with Crippen LogP contribution < -0.4 is 4.74 Å². The van der Waals surface area contributed by atoms with Crippen LogP contribution in [0.25, 0.3) is 10.9 Å². The molecule has 25 heavy (non-hydrogen) atoms. The molecule has 1 atom stereocenters. The van der Waals surface area contributed by atoms with Crippen molar-refractivity contribution in [3.05, 3.63) is 65.4 Å². The standard InChI is InChI=1S/C21H22N2O2/c1-14-7-9-16(10-8-14)25-15(2)21(24)23-12-11-20-18(13-23)17-5-3-4-6-19(17)22-20/h3-10,15,22H,11-13H2,1-2H3/t15-/m0/s1. The van der Waals surface area contributed by atoms with Crippen LogP contribution in [0.2, 0.25) is 0 Å². The number of fused-ring (bicyclic) bond motifs is 3. The first-order valence-electron chi connectivity index (χ1n) is 8.72. The van der Waals surface area contributed by atoms with Gasteiger partial charge in [0.1, 0.15) is 5.75 Å².